The zero-order valence-corrected chi connectivity index (χ0v) is 9.21. The number of nitrogens with two attached hydrogens (primary N) is 1. The van der Waals surface area contributed by atoms with E-state index in [9.17, 15) is 4.79 Å². The number of benzene rings is 1. The summed E-state index contributed by atoms with van der Waals surface area (Å²) >= 11 is 0. The minimum absolute atomic E-state index is 0.394. The molecule has 2 heterocycles. The van der Waals surface area contributed by atoms with E-state index in [4.69, 9.17) is 15.0 Å². The van der Waals surface area contributed by atoms with E-state index in [1.807, 2.05) is 6.92 Å². The Bertz CT molecular complexity index is 668. The van der Waals surface area contributed by atoms with Gasteiger partial charge in [0.2, 0.25) is 6.23 Å². The van der Waals surface area contributed by atoms with Gasteiger partial charge in [0.15, 0.2) is 5.58 Å². The zero-order chi connectivity index (χ0) is 12.0. The number of hydrogen-bond acceptors (Lipinski definition) is 5. The number of rotatable bonds is 1. The molecule has 0 radical (unpaired) electrons. The fourth-order valence-corrected chi connectivity index (χ4v) is 1.97. The van der Waals surface area contributed by atoms with E-state index >= 15 is 0 Å². The first-order chi connectivity index (χ1) is 8.16. The highest BCUT2D eigenvalue weighted by Gasteiger charge is 2.25. The molecule has 0 bridgehead atoms. The van der Waals surface area contributed by atoms with Gasteiger partial charge < -0.3 is 15.0 Å². The molecule has 0 amide bonds. The van der Waals surface area contributed by atoms with Crippen LogP contribution in [-0.4, -0.2) is 10.3 Å². The summed E-state index contributed by atoms with van der Waals surface area (Å²) < 4.78 is 6.57. The Morgan fingerprint density at radius 1 is 1.53 bits per heavy atom. The Morgan fingerprint density at radius 2 is 2.35 bits per heavy atom. The van der Waals surface area contributed by atoms with Crippen LogP contribution in [0.4, 0.5) is 5.69 Å². The van der Waals surface area contributed by atoms with Crippen molar-refractivity contribution in [3.05, 3.63) is 28.7 Å². The third-order valence-corrected chi connectivity index (χ3v) is 2.76. The third kappa shape index (κ3) is 1.41. The third-order valence-electron chi connectivity index (χ3n) is 2.76. The van der Waals surface area contributed by atoms with Crippen molar-refractivity contribution in [2.75, 3.05) is 5.73 Å². The minimum atomic E-state index is -0.479. The summed E-state index contributed by atoms with van der Waals surface area (Å²) in [5.41, 5.74) is 8.06. The van der Waals surface area contributed by atoms with Gasteiger partial charge in [-0.3, -0.25) is 0 Å². The predicted octanol–water partition coefficient (Wildman–Crippen LogP) is 1.47. The molecule has 1 aromatic carbocycles. The van der Waals surface area contributed by atoms with Gasteiger partial charge in [-0.15, -0.1) is 0 Å². The molecule has 0 fully saturated rings. The van der Waals surface area contributed by atoms with Gasteiger partial charge in [0.05, 0.1) is 16.9 Å². The summed E-state index contributed by atoms with van der Waals surface area (Å²) in [5, 5.41) is 3.83. The first-order valence-corrected chi connectivity index (χ1v) is 5.25. The second kappa shape index (κ2) is 3.38. The van der Waals surface area contributed by atoms with E-state index in [2.05, 4.69) is 5.16 Å². The van der Waals surface area contributed by atoms with Crippen molar-refractivity contribution in [3.63, 3.8) is 0 Å². The van der Waals surface area contributed by atoms with E-state index in [0.717, 1.165) is 5.71 Å². The van der Waals surface area contributed by atoms with Gasteiger partial charge in [-0.2, -0.15) is 0 Å². The van der Waals surface area contributed by atoms with Crippen LogP contribution in [0.15, 0.2) is 32.6 Å². The second-order valence-electron chi connectivity index (χ2n) is 4.02. The number of nitrogens with zero attached hydrogens (tertiary/aromatic N) is 2. The summed E-state index contributed by atoms with van der Waals surface area (Å²) in [6, 6.07) is 5.23. The predicted molar refractivity (Wildman–Crippen MR) is 62.7 cm³/mol. The van der Waals surface area contributed by atoms with E-state index in [0.29, 0.717) is 23.2 Å². The molecule has 1 aromatic heterocycles. The SMILES string of the molecule is CC1=NO[C@@H](n2c(=O)oc3c(N)cccc32)C1. The first kappa shape index (κ1) is 9.95. The van der Waals surface area contributed by atoms with Crippen molar-refractivity contribution in [3.8, 4) is 0 Å². The largest absolute Gasteiger partial charge is 0.423 e. The van der Waals surface area contributed by atoms with Crippen molar-refractivity contribution in [1.82, 2.24) is 4.57 Å². The standard InChI is InChI=1S/C11H11N3O3/c1-6-5-9(17-13-6)14-8-4-2-3-7(12)10(8)16-11(14)15/h2-4,9H,5,12H2,1H3/t9-/m1/s1. The van der Waals surface area contributed by atoms with E-state index in [1.54, 1.807) is 18.2 Å². The maximum Gasteiger partial charge on any atom is 0.423 e. The van der Waals surface area contributed by atoms with Crippen LogP contribution in [0.2, 0.25) is 0 Å². The van der Waals surface area contributed by atoms with Crippen LogP contribution in [0, 0.1) is 0 Å². The van der Waals surface area contributed by atoms with Crippen molar-refractivity contribution < 1.29 is 9.25 Å². The van der Waals surface area contributed by atoms with Crippen molar-refractivity contribution in [2.24, 2.45) is 5.16 Å². The van der Waals surface area contributed by atoms with Gasteiger partial charge in [0.1, 0.15) is 0 Å². The number of oxime groups is 1. The van der Waals surface area contributed by atoms with Crippen LogP contribution in [0.1, 0.15) is 19.6 Å². The molecule has 2 N–H and O–H groups in total. The van der Waals surface area contributed by atoms with Gasteiger partial charge in [0, 0.05) is 6.42 Å². The highest BCUT2D eigenvalue weighted by Crippen LogP contribution is 2.26. The molecule has 0 unspecified atom stereocenters. The molecule has 6 heteroatoms. The molecule has 0 saturated heterocycles. The first-order valence-electron chi connectivity index (χ1n) is 5.25. The molecule has 0 aliphatic carbocycles. The number of oxazole rings is 1. The number of nitrogen functional groups attached to an aromatic ring is 1. The summed E-state index contributed by atoms with van der Waals surface area (Å²) in [4.78, 5) is 17.0. The molecule has 1 atom stereocenters. The van der Waals surface area contributed by atoms with Crippen LogP contribution in [-0.2, 0) is 4.84 Å². The number of para-hydroxylation sites is 1. The Morgan fingerprint density at radius 3 is 3.06 bits per heavy atom. The average Bonchev–Trinajstić information content (AvgIpc) is 2.82. The Kier molecular flexibility index (Phi) is 1.98. The smallest absolute Gasteiger partial charge is 0.405 e. The quantitative estimate of drug-likeness (QED) is 0.756. The lowest BCUT2D eigenvalue weighted by molar-refractivity contribution is 0.0304. The molecule has 1 aliphatic rings. The van der Waals surface area contributed by atoms with Gasteiger partial charge in [0.25, 0.3) is 0 Å². The maximum atomic E-state index is 11.8. The topological polar surface area (TPSA) is 82.8 Å². The summed E-state index contributed by atoms with van der Waals surface area (Å²) in [7, 11) is 0. The maximum absolute atomic E-state index is 11.8. The summed E-state index contributed by atoms with van der Waals surface area (Å²) in [5.74, 6) is -0.479. The van der Waals surface area contributed by atoms with Gasteiger partial charge >= 0.3 is 5.76 Å². The summed E-state index contributed by atoms with van der Waals surface area (Å²) in [6.45, 7) is 1.85. The van der Waals surface area contributed by atoms with E-state index < -0.39 is 12.0 Å². The molecule has 1 aliphatic heterocycles. The summed E-state index contributed by atoms with van der Waals surface area (Å²) in [6.07, 6.45) is 0.133. The van der Waals surface area contributed by atoms with E-state index in [-0.39, 0.29) is 0 Å². The van der Waals surface area contributed by atoms with Crippen LogP contribution in [0.3, 0.4) is 0 Å². The number of fused-ring (bicyclic) bond motifs is 1. The Labute approximate surface area is 96.3 Å². The second-order valence-corrected chi connectivity index (χ2v) is 4.02. The molecule has 17 heavy (non-hydrogen) atoms. The van der Waals surface area contributed by atoms with Crippen LogP contribution in [0.25, 0.3) is 11.1 Å². The lowest BCUT2D eigenvalue weighted by Crippen LogP contribution is -2.20. The average molecular weight is 233 g/mol. The van der Waals surface area contributed by atoms with Crippen LogP contribution < -0.4 is 11.5 Å². The highest BCUT2D eigenvalue weighted by atomic mass is 16.7. The van der Waals surface area contributed by atoms with Crippen molar-refractivity contribution in [2.45, 2.75) is 19.6 Å². The molecular weight excluding hydrogens is 222 g/mol. The molecule has 0 saturated carbocycles. The van der Waals surface area contributed by atoms with Crippen molar-refractivity contribution in [1.29, 1.82) is 0 Å². The monoisotopic (exact) mass is 233 g/mol. The van der Waals surface area contributed by atoms with Gasteiger partial charge in [-0.25, -0.2) is 9.36 Å². The molecular formula is C11H11N3O3. The number of anilines is 1. The fourth-order valence-electron chi connectivity index (χ4n) is 1.97. The van der Waals surface area contributed by atoms with Crippen LogP contribution >= 0.6 is 0 Å². The van der Waals surface area contributed by atoms with E-state index in [1.165, 1.54) is 4.57 Å². The number of hydrogen-bond donors (Lipinski definition) is 1. The molecule has 88 valence electrons. The lowest BCUT2D eigenvalue weighted by atomic mass is 10.2. The lowest BCUT2D eigenvalue weighted by Gasteiger charge is -2.08. The van der Waals surface area contributed by atoms with Gasteiger partial charge in [-0.1, -0.05) is 11.2 Å². The fraction of sp³-hybridized carbons (Fsp3) is 0.273. The molecule has 3 rings (SSSR count). The molecule has 0 spiro atoms. The molecule has 2 aromatic rings. The minimum Gasteiger partial charge on any atom is -0.405 e. The van der Waals surface area contributed by atoms with Gasteiger partial charge in [-0.05, 0) is 19.1 Å². The zero-order valence-electron chi connectivity index (χ0n) is 9.21. The Balaban J connectivity index is 2.20. The molecule has 6 nitrogen and oxygen atoms in total. The Hall–Kier alpha value is -2.24. The highest BCUT2D eigenvalue weighted by molar-refractivity contribution is 5.86. The number of aromatic nitrogens is 1. The normalized spacial score (nSPS) is 19.4. The van der Waals surface area contributed by atoms with Crippen LogP contribution in [0.5, 0.6) is 0 Å². The van der Waals surface area contributed by atoms with Crippen molar-refractivity contribution >= 4 is 22.5 Å².